The van der Waals surface area contributed by atoms with Crippen molar-refractivity contribution in [1.29, 1.82) is 0 Å². The minimum Gasteiger partial charge on any atom is -0.264 e. The fraction of sp³-hybridized carbons (Fsp3) is 0.417. The van der Waals surface area contributed by atoms with Crippen LogP contribution in [-0.4, -0.2) is 6.72 Å². The van der Waals surface area contributed by atoms with Gasteiger partial charge in [0.2, 0.25) is 0 Å². The molecule has 0 fully saturated rings. The fourth-order valence-corrected chi connectivity index (χ4v) is 1.30. The molecule has 1 nitrogen and oxygen atoms in total. The number of nitrogens with zero attached hydrogens (tertiary/aromatic N) is 1. The summed E-state index contributed by atoms with van der Waals surface area (Å²) in [6.07, 6.45) is 0. The van der Waals surface area contributed by atoms with Crippen molar-refractivity contribution in [1.82, 2.24) is 0 Å². The maximum atomic E-state index is 3.94. The Morgan fingerprint density at radius 1 is 1.23 bits per heavy atom. The van der Waals surface area contributed by atoms with Crippen LogP contribution in [0, 0.1) is 6.92 Å². The van der Waals surface area contributed by atoms with Crippen molar-refractivity contribution in [2.45, 2.75) is 33.1 Å². The summed E-state index contributed by atoms with van der Waals surface area (Å²) >= 11 is 0. The lowest BCUT2D eigenvalue weighted by Crippen LogP contribution is -2.10. The molecule has 0 amide bonds. The van der Waals surface area contributed by atoms with Crippen LogP contribution in [0.4, 0.5) is 5.69 Å². The van der Waals surface area contributed by atoms with Crippen LogP contribution in [0.15, 0.2) is 23.2 Å². The normalized spacial score (nSPS) is 11.4. The average Bonchev–Trinajstić information content (AvgIpc) is 2.02. The van der Waals surface area contributed by atoms with Crippen LogP contribution in [0.1, 0.15) is 31.9 Å². The Labute approximate surface area is 80.5 Å². The lowest BCUT2D eigenvalue weighted by atomic mass is 9.86. The van der Waals surface area contributed by atoms with E-state index in [9.17, 15) is 0 Å². The first kappa shape index (κ1) is 9.97. The molecule has 0 N–H and O–H groups in total. The van der Waals surface area contributed by atoms with Gasteiger partial charge in [-0.2, -0.15) is 0 Å². The largest absolute Gasteiger partial charge is 0.264 e. The van der Waals surface area contributed by atoms with Crippen LogP contribution >= 0.6 is 0 Å². The summed E-state index contributed by atoms with van der Waals surface area (Å²) in [4.78, 5) is 3.94. The Balaban J connectivity index is 3.17. The van der Waals surface area contributed by atoms with Crippen LogP contribution in [0.5, 0.6) is 0 Å². The summed E-state index contributed by atoms with van der Waals surface area (Å²) in [6, 6.07) is 6.34. The molecule has 0 atom stereocenters. The van der Waals surface area contributed by atoms with Gasteiger partial charge in [-0.1, -0.05) is 32.9 Å². The topological polar surface area (TPSA) is 12.4 Å². The number of hydrogen-bond donors (Lipinski definition) is 0. The van der Waals surface area contributed by atoms with E-state index in [0.717, 1.165) is 5.69 Å². The highest BCUT2D eigenvalue weighted by Gasteiger charge is 2.13. The molecule has 0 aliphatic heterocycles. The van der Waals surface area contributed by atoms with E-state index in [2.05, 4.69) is 51.5 Å². The zero-order valence-electron chi connectivity index (χ0n) is 8.89. The highest BCUT2D eigenvalue weighted by molar-refractivity contribution is 5.52. The highest BCUT2D eigenvalue weighted by Crippen LogP contribution is 2.27. The molecule has 1 aromatic carbocycles. The third-order valence-corrected chi connectivity index (χ3v) is 2.23. The van der Waals surface area contributed by atoms with Gasteiger partial charge in [0.25, 0.3) is 0 Å². The van der Waals surface area contributed by atoms with Crippen LogP contribution in [0.25, 0.3) is 0 Å². The molecule has 0 spiro atoms. The number of benzene rings is 1. The van der Waals surface area contributed by atoms with Crippen molar-refractivity contribution in [3.63, 3.8) is 0 Å². The molecule has 0 aliphatic rings. The van der Waals surface area contributed by atoms with Crippen LogP contribution < -0.4 is 0 Å². The highest BCUT2D eigenvalue weighted by atomic mass is 14.7. The van der Waals surface area contributed by atoms with Crippen LogP contribution in [0.2, 0.25) is 0 Å². The van der Waals surface area contributed by atoms with Gasteiger partial charge in [0, 0.05) is 0 Å². The lowest BCUT2D eigenvalue weighted by molar-refractivity contribution is 0.590. The van der Waals surface area contributed by atoms with E-state index in [1.807, 2.05) is 6.07 Å². The van der Waals surface area contributed by atoms with Crippen molar-refractivity contribution in [2.24, 2.45) is 4.99 Å². The monoisotopic (exact) mass is 175 g/mol. The van der Waals surface area contributed by atoms with Gasteiger partial charge in [-0.15, -0.1) is 0 Å². The first-order valence-electron chi connectivity index (χ1n) is 4.53. The van der Waals surface area contributed by atoms with E-state index < -0.39 is 0 Å². The van der Waals surface area contributed by atoms with Gasteiger partial charge < -0.3 is 0 Å². The molecular formula is C12H17N. The number of aliphatic imine (C=N–C) groups is 1. The smallest absolute Gasteiger partial charge is 0.0651 e. The molecule has 1 aromatic rings. The van der Waals surface area contributed by atoms with Crippen molar-refractivity contribution in [3.05, 3.63) is 29.3 Å². The Hall–Kier alpha value is -1.11. The van der Waals surface area contributed by atoms with Gasteiger partial charge in [0.1, 0.15) is 0 Å². The average molecular weight is 175 g/mol. The summed E-state index contributed by atoms with van der Waals surface area (Å²) in [5, 5.41) is 0. The predicted octanol–water partition coefficient (Wildman–Crippen LogP) is 3.62. The van der Waals surface area contributed by atoms with Crippen molar-refractivity contribution in [3.8, 4) is 0 Å². The van der Waals surface area contributed by atoms with E-state index in [0.29, 0.717) is 0 Å². The van der Waals surface area contributed by atoms with E-state index >= 15 is 0 Å². The second-order valence-corrected chi connectivity index (χ2v) is 4.41. The van der Waals surface area contributed by atoms with E-state index in [1.165, 1.54) is 11.1 Å². The maximum absolute atomic E-state index is 3.94. The molecule has 0 aromatic heterocycles. The standard InChI is InChI=1S/C12H17N/c1-9-8-10(12(2,3)4)6-7-11(9)13-5/h6-8H,5H2,1-4H3. The molecule has 1 heteroatoms. The molecule has 13 heavy (non-hydrogen) atoms. The Bertz CT molecular complexity index is 318. The van der Waals surface area contributed by atoms with Crippen LogP contribution in [0.3, 0.4) is 0 Å². The molecule has 0 bridgehead atoms. The summed E-state index contributed by atoms with van der Waals surface area (Å²) in [7, 11) is 0. The van der Waals surface area contributed by atoms with Gasteiger partial charge in [0.15, 0.2) is 0 Å². The first-order chi connectivity index (χ1) is 5.95. The summed E-state index contributed by atoms with van der Waals surface area (Å²) in [5.74, 6) is 0. The number of rotatable bonds is 1. The minimum absolute atomic E-state index is 0.213. The molecule has 0 radical (unpaired) electrons. The predicted molar refractivity (Wildman–Crippen MR) is 59.1 cm³/mol. The maximum Gasteiger partial charge on any atom is 0.0651 e. The molecule has 1 rings (SSSR count). The molecule has 0 unspecified atom stereocenters. The third-order valence-electron chi connectivity index (χ3n) is 2.23. The molecule has 0 saturated carbocycles. The van der Waals surface area contributed by atoms with Gasteiger partial charge >= 0.3 is 0 Å². The molecule has 0 heterocycles. The second kappa shape index (κ2) is 3.33. The fourth-order valence-electron chi connectivity index (χ4n) is 1.30. The van der Waals surface area contributed by atoms with Crippen molar-refractivity contribution in [2.75, 3.05) is 0 Å². The van der Waals surface area contributed by atoms with Crippen molar-refractivity contribution < 1.29 is 0 Å². The molecule has 70 valence electrons. The van der Waals surface area contributed by atoms with Crippen molar-refractivity contribution >= 4 is 12.4 Å². The lowest BCUT2D eigenvalue weighted by Gasteiger charge is -2.19. The SMILES string of the molecule is C=Nc1ccc(C(C)(C)C)cc1C. The van der Waals surface area contributed by atoms with Crippen LogP contribution in [-0.2, 0) is 5.41 Å². The number of hydrogen-bond acceptors (Lipinski definition) is 1. The zero-order valence-corrected chi connectivity index (χ0v) is 8.89. The molecule has 0 saturated heterocycles. The van der Waals surface area contributed by atoms with E-state index in [-0.39, 0.29) is 5.41 Å². The van der Waals surface area contributed by atoms with E-state index in [1.54, 1.807) is 0 Å². The van der Waals surface area contributed by atoms with Gasteiger partial charge in [-0.3, -0.25) is 4.99 Å². The summed E-state index contributed by atoms with van der Waals surface area (Å²) in [5.41, 5.74) is 3.73. The first-order valence-corrected chi connectivity index (χ1v) is 4.53. The summed E-state index contributed by atoms with van der Waals surface area (Å²) in [6.45, 7) is 12.2. The zero-order chi connectivity index (χ0) is 10.1. The number of aryl methyl sites for hydroxylation is 1. The Morgan fingerprint density at radius 3 is 2.23 bits per heavy atom. The Kier molecular flexibility index (Phi) is 2.55. The van der Waals surface area contributed by atoms with E-state index in [4.69, 9.17) is 0 Å². The van der Waals surface area contributed by atoms with Gasteiger partial charge in [-0.25, -0.2) is 0 Å². The second-order valence-electron chi connectivity index (χ2n) is 4.41. The molecular weight excluding hydrogens is 158 g/mol. The minimum atomic E-state index is 0.213. The quantitative estimate of drug-likeness (QED) is 0.578. The molecule has 0 aliphatic carbocycles. The summed E-state index contributed by atoms with van der Waals surface area (Å²) < 4.78 is 0. The Morgan fingerprint density at radius 2 is 1.85 bits per heavy atom. The third kappa shape index (κ3) is 2.18. The van der Waals surface area contributed by atoms with Gasteiger partial charge in [0.05, 0.1) is 5.69 Å². The van der Waals surface area contributed by atoms with Gasteiger partial charge in [-0.05, 0) is 36.2 Å².